The Hall–Kier alpha value is -6.67. The monoisotopic (exact) mass is 849 g/mol. The number of nitrogens with one attached hydrogen (secondary N) is 1. The number of rotatable bonds is 14. The van der Waals surface area contributed by atoms with Crippen molar-refractivity contribution in [2.24, 2.45) is 5.73 Å². The third-order valence-corrected chi connectivity index (χ3v) is 10.0. The van der Waals surface area contributed by atoms with Crippen molar-refractivity contribution in [2.75, 3.05) is 19.8 Å². The van der Waals surface area contributed by atoms with Gasteiger partial charge in [-0.15, -0.1) is 0 Å². The zero-order valence-corrected chi connectivity index (χ0v) is 36.3. The van der Waals surface area contributed by atoms with Crippen molar-refractivity contribution in [1.29, 1.82) is 0 Å². The van der Waals surface area contributed by atoms with Crippen molar-refractivity contribution in [1.82, 2.24) is 10.2 Å². The quantitative estimate of drug-likeness (QED) is 0.0848. The Labute approximate surface area is 362 Å². The number of benzene rings is 4. The van der Waals surface area contributed by atoms with Gasteiger partial charge < -0.3 is 34.9 Å². The second-order valence-corrected chi connectivity index (χ2v) is 15.4. The number of ketones is 1. The standard InChI is InChI=1S/C25H29N3O6.C23H26O5/c1-17(27-25(32)33-16-19-11-6-3-7-12-19)23(30)34-24(31)21-13-8-14-28(21)22(29)20(26)15-18-9-4-2-5-10-18;1-13-7-15(3)20(16(4)8-13)22(25)27-11-19(24)12-28-23(26)21-17(5)9-14(2)10-18(21)6/h2-7,9-12,17,20-21H,8,13-16,26H2,1H3,(H,27,32);7-10H,11-12H2,1-6H3/t17-,20?,21-;/m0./s1. The van der Waals surface area contributed by atoms with Crippen molar-refractivity contribution >= 4 is 41.7 Å². The summed E-state index contributed by atoms with van der Waals surface area (Å²) in [5, 5.41) is 2.34. The molecule has 4 aromatic rings. The molecule has 0 spiro atoms. The molecule has 328 valence electrons. The van der Waals surface area contributed by atoms with Gasteiger partial charge in [0, 0.05) is 6.54 Å². The number of Topliss-reactive ketones (excluding diaryl/α,β-unsaturated/α-hetero) is 1. The number of nitrogens with zero attached hydrogens (tertiary/aromatic N) is 1. The molecule has 5 rings (SSSR count). The Morgan fingerprint density at radius 1 is 0.694 bits per heavy atom. The number of hydrogen-bond donors (Lipinski definition) is 2. The van der Waals surface area contributed by atoms with Crippen LogP contribution in [0.2, 0.25) is 0 Å². The van der Waals surface area contributed by atoms with E-state index in [0.29, 0.717) is 36.9 Å². The van der Waals surface area contributed by atoms with Crippen LogP contribution in [0.5, 0.6) is 0 Å². The molecule has 14 heteroatoms. The van der Waals surface area contributed by atoms with E-state index in [-0.39, 0.29) is 12.5 Å². The molecular formula is C48H55N3O11. The highest BCUT2D eigenvalue weighted by atomic mass is 16.6. The van der Waals surface area contributed by atoms with Crippen LogP contribution in [0.4, 0.5) is 4.79 Å². The van der Waals surface area contributed by atoms with Crippen molar-refractivity contribution in [3.05, 3.63) is 141 Å². The lowest BCUT2D eigenvalue weighted by atomic mass is 10.00. The van der Waals surface area contributed by atoms with Crippen LogP contribution < -0.4 is 11.1 Å². The minimum Gasteiger partial charge on any atom is -0.454 e. The summed E-state index contributed by atoms with van der Waals surface area (Å²) in [6, 6.07) is 23.1. The predicted molar refractivity (Wildman–Crippen MR) is 230 cm³/mol. The summed E-state index contributed by atoms with van der Waals surface area (Å²) in [7, 11) is 0. The number of ether oxygens (including phenoxy) is 4. The molecule has 3 atom stereocenters. The van der Waals surface area contributed by atoms with Gasteiger partial charge in [-0.25, -0.2) is 24.0 Å². The predicted octanol–water partition coefficient (Wildman–Crippen LogP) is 6.05. The molecule has 1 aliphatic heterocycles. The number of nitrogens with two attached hydrogens (primary N) is 1. The molecule has 1 saturated heterocycles. The topological polar surface area (TPSA) is 198 Å². The summed E-state index contributed by atoms with van der Waals surface area (Å²) in [6.45, 7) is 12.1. The Bertz CT molecular complexity index is 2140. The van der Waals surface area contributed by atoms with E-state index in [2.05, 4.69) is 5.32 Å². The van der Waals surface area contributed by atoms with Gasteiger partial charge in [0.2, 0.25) is 11.7 Å². The van der Waals surface area contributed by atoms with E-state index in [0.717, 1.165) is 44.5 Å². The Morgan fingerprint density at radius 3 is 1.65 bits per heavy atom. The van der Waals surface area contributed by atoms with Gasteiger partial charge in [-0.05, 0) is 101 Å². The molecule has 0 bridgehead atoms. The lowest BCUT2D eigenvalue weighted by molar-refractivity contribution is -0.166. The van der Waals surface area contributed by atoms with E-state index >= 15 is 0 Å². The average molecular weight is 850 g/mol. The minimum atomic E-state index is -1.11. The molecular weight excluding hydrogens is 795 g/mol. The van der Waals surface area contributed by atoms with Crippen LogP contribution in [0.15, 0.2) is 84.9 Å². The largest absolute Gasteiger partial charge is 0.454 e. The minimum absolute atomic E-state index is 0.0375. The highest BCUT2D eigenvalue weighted by Crippen LogP contribution is 2.22. The zero-order chi connectivity index (χ0) is 45.5. The van der Waals surface area contributed by atoms with E-state index in [9.17, 15) is 33.6 Å². The molecule has 0 aliphatic carbocycles. The SMILES string of the molecule is C[C@H](NC(=O)OCc1ccccc1)C(=O)OC(=O)[C@@H]1CCCN1C(=O)C(N)Cc1ccccc1.Cc1cc(C)c(C(=O)OCC(=O)COC(=O)c2c(C)cc(C)cc2C)c(C)c1. The van der Waals surface area contributed by atoms with E-state index in [1.165, 1.54) is 11.8 Å². The summed E-state index contributed by atoms with van der Waals surface area (Å²) in [5.41, 5.74) is 14.0. The number of alkyl carbamates (subject to hydrolysis) is 1. The number of carbonyl (C=O) groups excluding carboxylic acids is 7. The van der Waals surface area contributed by atoms with Crippen LogP contribution >= 0.6 is 0 Å². The summed E-state index contributed by atoms with van der Waals surface area (Å²) in [4.78, 5) is 87.7. The van der Waals surface area contributed by atoms with E-state index < -0.39 is 67.1 Å². The van der Waals surface area contributed by atoms with Gasteiger partial charge in [0.1, 0.15) is 18.7 Å². The lowest BCUT2D eigenvalue weighted by Gasteiger charge is -2.26. The second kappa shape index (κ2) is 22.8. The summed E-state index contributed by atoms with van der Waals surface area (Å²) >= 11 is 0. The van der Waals surface area contributed by atoms with Crippen molar-refractivity contribution < 1.29 is 52.5 Å². The first-order chi connectivity index (χ1) is 29.4. The molecule has 0 saturated carbocycles. The summed E-state index contributed by atoms with van der Waals surface area (Å²) in [5.74, 6) is -3.73. The molecule has 1 fully saturated rings. The van der Waals surface area contributed by atoms with Crippen molar-refractivity contribution in [3.8, 4) is 0 Å². The summed E-state index contributed by atoms with van der Waals surface area (Å²) in [6.07, 6.45) is 0.488. The van der Waals surface area contributed by atoms with Crippen LogP contribution in [0.25, 0.3) is 0 Å². The van der Waals surface area contributed by atoms with E-state index in [4.69, 9.17) is 24.7 Å². The van der Waals surface area contributed by atoms with Gasteiger partial charge in [0.15, 0.2) is 13.2 Å². The highest BCUT2D eigenvalue weighted by molar-refractivity contribution is 5.97. The molecule has 14 nitrogen and oxygen atoms in total. The number of likely N-dealkylation sites (tertiary alicyclic amines) is 1. The fourth-order valence-electron chi connectivity index (χ4n) is 7.18. The Kier molecular flexibility index (Phi) is 17.6. The highest BCUT2D eigenvalue weighted by Gasteiger charge is 2.38. The maximum absolute atomic E-state index is 12.9. The normalized spacial score (nSPS) is 14.0. The number of carbonyl (C=O) groups is 7. The van der Waals surface area contributed by atoms with Gasteiger partial charge in [-0.2, -0.15) is 0 Å². The zero-order valence-electron chi connectivity index (χ0n) is 36.3. The van der Waals surface area contributed by atoms with Gasteiger partial charge in [0.05, 0.1) is 17.2 Å². The van der Waals surface area contributed by atoms with Gasteiger partial charge in [-0.1, -0.05) is 96.1 Å². The molecule has 2 amide bonds. The van der Waals surface area contributed by atoms with Crippen LogP contribution in [0.3, 0.4) is 0 Å². The molecule has 0 radical (unpaired) electrons. The van der Waals surface area contributed by atoms with Gasteiger partial charge in [-0.3, -0.25) is 9.59 Å². The first-order valence-electron chi connectivity index (χ1n) is 20.3. The van der Waals surface area contributed by atoms with Crippen LogP contribution in [-0.4, -0.2) is 84.4 Å². The van der Waals surface area contributed by atoms with Gasteiger partial charge >= 0.3 is 30.0 Å². The second-order valence-electron chi connectivity index (χ2n) is 15.4. The first kappa shape index (κ1) is 48.0. The first-order valence-corrected chi connectivity index (χ1v) is 20.3. The number of esters is 4. The molecule has 3 N–H and O–H groups in total. The van der Waals surface area contributed by atoms with Crippen molar-refractivity contribution in [2.45, 2.75) is 92.5 Å². The fraction of sp³-hybridized carbons (Fsp3) is 0.354. The smallest absolute Gasteiger partial charge is 0.408 e. The van der Waals surface area contributed by atoms with Crippen LogP contribution in [0, 0.1) is 41.5 Å². The Morgan fingerprint density at radius 2 is 1.16 bits per heavy atom. The molecule has 62 heavy (non-hydrogen) atoms. The third kappa shape index (κ3) is 13.9. The lowest BCUT2D eigenvalue weighted by Crippen LogP contribution is -2.50. The molecule has 1 aliphatic rings. The van der Waals surface area contributed by atoms with Crippen molar-refractivity contribution in [3.63, 3.8) is 0 Å². The molecule has 0 aromatic heterocycles. The van der Waals surface area contributed by atoms with Crippen LogP contribution in [0.1, 0.15) is 85.0 Å². The van der Waals surface area contributed by atoms with E-state index in [1.54, 1.807) is 12.1 Å². The maximum atomic E-state index is 12.9. The number of aryl methyl sites for hydroxylation is 6. The van der Waals surface area contributed by atoms with E-state index in [1.807, 2.05) is 114 Å². The fourth-order valence-corrected chi connectivity index (χ4v) is 7.18. The number of hydrogen-bond acceptors (Lipinski definition) is 12. The van der Waals surface area contributed by atoms with Crippen LogP contribution in [-0.2, 0) is 51.2 Å². The molecule has 4 aromatic carbocycles. The third-order valence-electron chi connectivity index (χ3n) is 10.0. The average Bonchev–Trinajstić information content (AvgIpc) is 3.72. The molecule has 1 heterocycles. The molecule has 1 unspecified atom stereocenters. The summed E-state index contributed by atoms with van der Waals surface area (Å²) < 4.78 is 20.2. The Balaban J connectivity index is 0.000000278. The maximum Gasteiger partial charge on any atom is 0.408 e. The van der Waals surface area contributed by atoms with Gasteiger partial charge in [0.25, 0.3) is 0 Å². The number of amides is 2.